The number of nitrogens with two attached hydrogens (primary N) is 1. The second-order valence-corrected chi connectivity index (χ2v) is 5.46. The number of phenolic OH excluding ortho intramolecular Hbond substituents is 1. The van der Waals surface area contributed by atoms with Crippen LogP contribution in [0.3, 0.4) is 0 Å². The van der Waals surface area contributed by atoms with E-state index in [2.05, 4.69) is 24.5 Å². The molecule has 92 valence electrons. The smallest absolute Gasteiger partial charge is 0.117 e. The van der Waals surface area contributed by atoms with Gasteiger partial charge in [0.15, 0.2) is 0 Å². The Labute approximate surface area is 102 Å². The highest BCUT2D eigenvalue weighted by Crippen LogP contribution is 2.31. The predicted molar refractivity (Wildman–Crippen MR) is 71.2 cm³/mol. The van der Waals surface area contributed by atoms with Crippen LogP contribution >= 0.6 is 0 Å². The molecule has 17 heavy (non-hydrogen) atoms. The molecule has 0 unspecified atom stereocenters. The summed E-state index contributed by atoms with van der Waals surface area (Å²) in [6, 6.07) is 7.85. The molecule has 0 aliphatic heterocycles. The highest BCUT2D eigenvalue weighted by Gasteiger charge is 2.22. The van der Waals surface area contributed by atoms with Crippen molar-refractivity contribution in [2.75, 3.05) is 0 Å². The first kappa shape index (κ1) is 12.0. The van der Waals surface area contributed by atoms with Crippen molar-refractivity contribution in [2.45, 2.75) is 39.3 Å². The predicted octanol–water partition coefficient (Wildman–Crippen LogP) is 3.12. The van der Waals surface area contributed by atoms with Gasteiger partial charge >= 0.3 is 0 Å². The lowest BCUT2D eigenvalue weighted by atomic mass is 10.0. The Bertz CT molecular complexity index is 547. The van der Waals surface area contributed by atoms with Crippen LogP contribution in [0.5, 0.6) is 5.75 Å². The van der Waals surface area contributed by atoms with E-state index in [9.17, 15) is 5.11 Å². The van der Waals surface area contributed by atoms with E-state index in [0.29, 0.717) is 11.8 Å². The number of fused-ring (bicyclic) bond motifs is 1. The quantitative estimate of drug-likeness (QED) is 0.835. The second kappa shape index (κ2) is 3.77. The maximum atomic E-state index is 9.60. The van der Waals surface area contributed by atoms with Crippen LogP contribution in [0, 0.1) is 0 Å². The van der Waals surface area contributed by atoms with Crippen LogP contribution in [0.25, 0.3) is 10.9 Å². The monoisotopic (exact) mass is 232 g/mol. The minimum Gasteiger partial charge on any atom is -0.508 e. The summed E-state index contributed by atoms with van der Waals surface area (Å²) in [6.07, 6.45) is 0. The molecule has 1 aromatic carbocycles. The maximum absolute atomic E-state index is 9.60. The lowest BCUT2D eigenvalue weighted by Gasteiger charge is -2.24. The van der Waals surface area contributed by atoms with Gasteiger partial charge in [0, 0.05) is 23.2 Å². The van der Waals surface area contributed by atoms with E-state index in [4.69, 9.17) is 5.73 Å². The zero-order valence-corrected chi connectivity index (χ0v) is 10.9. The van der Waals surface area contributed by atoms with Gasteiger partial charge in [-0.05, 0) is 45.9 Å². The van der Waals surface area contributed by atoms with Crippen molar-refractivity contribution in [1.29, 1.82) is 0 Å². The zero-order valence-electron chi connectivity index (χ0n) is 10.9. The van der Waals surface area contributed by atoms with Gasteiger partial charge in [0.25, 0.3) is 0 Å². The molecule has 0 radical (unpaired) electrons. The second-order valence-electron chi connectivity index (χ2n) is 5.46. The SMILES string of the molecule is CC(C)n1c(C(C)(C)N)cc2ccc(O)cc21. The Hall–Kier alpha value is -1.48. The van der Waals surface area contributed by atoms with Gasteiger partial charge in [-0.15, -0.1) is 0 Å². The van der Waals surface area contributed by atoms with Crippen molar-refractivity contribution in [2.24, 2.45) is 5.73 Å². The van der Waals surface area contributed by atoms with Crippen LogP contribution in [0.1, 0.15) is 39.4 Å². The van der Waals surface area contributed by atoms with E-state index >= 15 is 0 Å². The Morgan fingerprint density at radius 1 is 1.24 bits per heavy atom. The van der Waals surface area contributed by atoms with Crippen LogP contribution in [0.15, 0.2) is 24.3 Å². The van der Waals surface area contributed by atoms with Crippen LogP contribution in [0.2, 0.25) is 0 Å². The van der Waals surface area contributed by atoms with Gasteiger partial charge in [0.05, 0.1) is 11.1 Å². The molecule has 0 aliphatic carbocycles. The number of hydrogen-bond acceptors (Lipinski definition) is 2. The van der Waals surface area contributed by atoms with Crippen LogP contribution < -0.4 is 5.73 Å². The minimum absolute atomic E-state index is 0.291. The number of rotatable bonds is 2. The van der Waals surface area contributed by atoms with E-state index in [0.717, 1.165) is 16.6 Å². The van der Waals surface area contributed by atoms with E-state index < -0.39 is 0 Å². The number of aromatic nitrogens is 1. The molecule has 1 aromatic heterocycles. The summed E-state index contributed by atoms with van der Waals surface area (Å²) in [4.78, 5) is 0. The molecular formula is C14H20N2O. The molecule has 0 saturated heterocycles. The number of aromatic hydroxyl groups is 1. The van der Waals surface area contributed by atoms with Crippen molar-refractivity contribution in [3.05, 3.63) is 30.0 Å². The fraction of sp³-hybridized carbons (Fsp3) is 0.429. The molecule has 0 fully saturated rings. The van der Waals surface area contributed by atoms with Crippen molar-refractivity contribution in [3.63, 3.8) is 0 Å². The summed E-state index contributed by atoms with van der Waals surface area (Å²) in [5.74, 6) is 0.291. The van der Waals surface area contributed by atoms with Crippen molar-refractivity contribution in [1.82, 2.24) is 4.57 Å². The Kier molecular flexibility index (Phi) is 2.66. The van der Waals surface area contributed by atoms with Crippen LogP contribution in [-0.2, 0) is 5.54 Å². The van der Waals surface area contributed by atoms with E-state index in [1.807, 2.05) is 19.9 Å². The Morgan fingerprint density at radius 2 is 1.88 bits per heavy atom. The minimum atomic E-state index is -0.390. The summed E-state index contributed by atoms with van der Waals surface area (Å²) in [6.45, 7) is 8.25. The van der Waals surface area contributed by atoms with Crippen molar-refractivity contribution in [3.8, 4) is 5.75 Å². The molecular weight excluding hydrogens is 212 g/mol. The van der Waals surface area contributed by atoms with Crippen LogP contribution in [0.4, 0.5) is 0 Å². The third-order valence-electron chi connectivity index (χ3n) is 3.00. The fourth-order valence-corrected chi connectivity index (χ4v) is 2.26. The lowest BCUT2D eigenvalue weighted by molar-refractivity contribution is 0.468. The fourth-order valence-electron chi connectivity index (χ4n) is 2.26. The molecule has 1 heterocycles. The molecule has 0 atom stereocenters. The van der Waals surface area contributed by atoms with Gasteiger partial charge in [-0.3, -0.25) is 0 Å². The van der Waals surface area contributed by atoms with Gasteiger partial charge in [0.2, 0.25) is 0 Å². The first-order valence-electron chi connectivity index (χ1n) is 5.94. The van der Waals surface area contributed by atoms with Gasteiger partial charge in [-0.25, -0.2) is 0 Å². The van der Waals surface area contributed by atoms with Crippen LogP contribution in [-0.4, -0.2) is 9.67 Å². The molecule has 0 saturated carbocycles. The molecule has 0 spiro atoms. The summed E-state index contributed by atoms with van der Waals surface area (Å²) in [5, 5.41) is 10.7. The number of phenols is 1. The topological polar surface area (TPSA) is 51.2 Å². The highest BCUT2D eigenvalue weighted by molar-refractivity contribution is 5.83. The molecule has 3 nitrogen and oxygen atoms in total. The highest BCUT2D eigenvalue weighted by atomic mass is 16.3. The van der Waals surface area contributed by atoms with Gasteiger partial charge in [-0.2, -0.15) is 0 Å². The van der Waals surface area contributed by atoms with E-state index in [-0.39, 0.29) is 5.54 Å². The summed E-state index contributed by atoms with van der Waals surface area (Å²) >= 11 is 0. The molecule has 2 rings (SSSR count). The molecule has 3 N–H and O–H groups in total. The Morgan fingerprint density at radius 3 is 2.41 bits per heavy atom. The zero-order chi connectivity index (χ0) is 12.8. The van der Waals surface area contributed by atoms with Gasteiger partial charge < -0.3 is 15.4 Å². The molecule has 0 bridgehead atoms. The first-order chi connectivity index (χ1) is 7.80. The third-order valence-corrected chi connectivity index (χ3v) is 3.00. The van der Waals surface area contributed by atoms with Gasteiger partial charge in [0.1, 0.15) is 5.75 Å². The average Bonchev–Trinajstić information content (AvgIpc) is 2.55. The molecule has 0 amide bonds. The standard InChI is InChI=1S/C14H20N2O/c1-9(2)16-12-8-11(17)6-5-10(12)7-13(16)14(3,4)15/h5-9,17H,15H2,1-4H3. The normalized spacial score (nSPS) is 12.6. The molecule has 2 aromatic rings. The molecule has 0 aliphatic rings. The largest absolute Gasteiger partial charge is 0.508 e. The number of nitrogens with zero attached hydrogens (tertiary/aromatic N) is 1. The summed E-state index contributed by atoms with van der Waals surface area (Å²) < 4.78 is 2.19. The summed E-state index contributed by atoms with van der Waals surface area (Å²) in [5.41, 5.74) is 7.95. The number of benzene rings is 1. The molecule has 3 heteroatoms. The lowest BCUT2D eigenvalue weighted by Crippen LogP contribution is -2.32. The van der Waals surface area contributed by atoms with Crippen molar-refractivity contribution < 1.29 is 5.11 Å². The third kappa shape index (κ3) is 2.03. The maximum Gasteiger partial charge on any atom is 0.117 e. The van der Waals surface area contributed by atoms with Crippen molar-refractivity contribution >= 4 is 10.9 Å². The first-order valence-corrected chi connectivity index (χ1v) is 5.94. The number of hydrogen-bond donors (Lipinski definition) is 2. The van der Waals surface area contributed by atoms with Gasteiger partial charge in [-0.1, -0.05) is 0 Å². The summed E-state index contributed by atoms with van der Waals surface area (Å²) in [7, 11) is 0. The average molecular weight is 232 g/mol. The van der Waals surface area contributed by atoms with E-state index in [1.165, 1.54) is 0 Å². The van der Waals surface area contributed by atoms with E-state index in [1.54, 1.807) is 12.1 Å². The Balaban J connectivity index is 2.81.